The number of carbonyl (C=O) groups excluding carboxylic acids is 1. The van der Waals surface area contributed by atoms with Crippen LogP contribution in [0, 0.1) is 6.92 Å². The number of hydrogen-bond donors (Lipinski definition) is 2. The lowest BCUT2D eigenvalue weighted by molar-refractivity contribution is -0.118. The summed E-state index contributed by atoms with van der Waals surface area (Å²) in [5, 5.41) is 16.8. The largest absolute Gasteiger partial charge is 0.391 e. The Morgan fingerprint density at radius 3 is 2.89 bits per heavy atom. The Bertz CT molecular complexity index is 479. The maximum Gasteiger partial charge on any atom is 0.244 e. The zero-order chi connectivity index (χ0) is 13.8. The summed E-state index contributed by atoms with van der Waals surface area (Å²) in [6.07, 6.45) is 8.31. The first-order chi connectivity index (χ1) is 9.08. The highest BCUT2D eigenvalue weighted by atomic mass is 16.3. The van der Waals surface area contributed by atoms with E-state index in [4.69, 9.17) is 0 Å². The van der Waals surface area contributed by atoms with Gasteiger partial charge in [-0.05, 0) is 25.8 Å². The summed E-state index contributed by atoms with van der Waals surface area (Å²) in [6, 6.07) is -0.110. The van der Waals surface area contributed by atoms with Crippen LogP contribution in [0.2, 0.25) is 0 Å². The summed E-state index contributed by atoms with van der Waals surface area (Å²) >= 11 is 0. The van der Waals surface area contributed by atoms with Crippen molar-refractivity contribution in [2.75, 3.05) is 0 Å². The minimum Gasteiger partial charge on any atom is -0.391 e. The average Bonchev–Trinajstić information content (AvgIpc) is 2.70. The molecule has 104 valence electrons. The zero-order valence-electron chi connectivity index (χ0n) is 11.5. The van der Waals surface area contributed by atoms with Crippen molar-refractivity contribution in [3.05, 3.63) is 23.5 Å². The molecular weight excluding hydrogens is 242 g/mol. The lowest BCUT2D eigenvalue weighted by Gasteiger charge is -2.27. The monoisotopic (exact) mass is 263 g/mol. The quantitative estimate of drug-likeness (QED) is 0.804. The molecule has 1 saturated carbocycles. The summed E-state index contributed by atoms with van der Waals surface area (Å²) in [6.45, 7) is 1.95. The molecule has 5 heteroatoms. The molecule has 1 aromatic rings. The van der Waals surface area contributed by atoms with E-state index >= 15 is 0 Å². The molecular formula is C14H21N3O2. The van der Waals surface area contributed by atoms with Gasteiger partial charge in [0.05, 0.1) is 18.3 Å². The predicted octanol–water partition coefficient (Wildman–Crippen LogP) is 1.16. The van der Waals surface area contributed by atoms with Gasteiger partial charge in [0.25, 0.3) is 0 Å². The molecule has 2 unspecified atom stereocenters. The lowest BCUT2D eigenvalue weighted by Crippen LogP contribution is -2.44. The standard InChI is InChI=1S/C14H21N3O2/c1-10-11(9-15-17(10)2)7-8-14(19)16-12-5-3-4-6-13(12)18/h7-9,12-13,18H,3-6H2,1-2H3,(H,16,19)/b8-7+. The molecule has 0 saturated heterocycles. The van der Waals surface area contributed by atoms with Crippen LogP contribution in [0.5, 0.6) is 0 Å². The Morgan fingerprint density at radius 2 is 2.26 bits per heavy atom. The number of aliphatic hydroxyl groups excluding tert-OH is 1. The highest BCUT2D eigenvalue weighted by Crippen LogP contribution is 2.18. The van der Waals surface area contributed by atoms with Gasteiger partial charge in [-0.1, -0.05) is 12.8 Å². The van der Waals surface area contributed by atoms with Crippen LogP contribution in [0.3, 0.4) is 0 Å². The van der Waals surface area contributed by atoms with Crippen LogP contribution in [0.4, 0.5) is 0 Å². The fourth-order valence-electron chi connectivity index (χ4n) is 2.36. The van der Waals surface area contributed by atoms with Crippen LogP contribution in [0.25, 0.3) is 6.08 Å². The van der Waals surface area contributed by atoms with Crippen molar-refractivity contribution in [2.45, 2.75) is 44.8 Å². The van der Waals surface area contributed by atoms with Crippen LogP contribution in [-0.2, 0) is 11.8 Å². The van der Waals surface area contributed by atoms with Gasteiger partial charge in [-0.15, -0.1) is 0 Å². The van der Waals surface area contributed by atoms with Gasteiger partial charge in [0.15, 0.2) is 0 Å². The molecule has 19 heavy (non-hydrogen) atoms. The summed E-state index contributed by atoms with van der Waals surface area (Å²) < 4.78 is 1.77. The van der Waals surface area contributed by atoms with E-state index in [0.29, 0.717) is 0 Å². The van der Waals surface area contributed by atoms with Crippen LogP contribution in [0.15, 0.2) is 12.3 Å². The van der Waals surface area contributed by atoms with Crippen molar-refractivity contribution < 1.29 is 9.90 Å². The number of aliphatic hydroxyl groups is 1. The van der Waals surface area contributed by atoms with E-state index in [1.165, 1.54) is 6.08 Å². The number of nitrogens with zero attached hydrogens (tertiary/aromatic N) is 2. The molecule has 1 amide bonds. The fraction of sp³-hybridized carbons (Fsp3) is 0.571. The molecule has 1 aliphatic carbocycles. The van der Waals surface area contributed by atoms with Gasteiger partial charge >= 0.3 is 0 Å². The Labute approximate surface area is 113 Å². The van der Waals surface area contributed by atoms with E-state index in [1.54, 1.807) is 17.0 Å². The van der Waals surface area contributed by atoms with E-state index in [-0.39, 0.29) is 11.9 Å². The normalized spacial score (nSPS) is 23.7. The third-order valence-electron chi connectivity index (χ3n) is 3.74. The highest BCUT2D eigenvalue weighted by molar-refractivity contribution is 5.92. The number of aromatic nitrogens is 2. The third-order valence-corrected chi connectivity index (χ3v) is 3.74. The van der Waals surface area contributed by atoms with E-state index < -0.39 is 6.10 Å². The minimum absolute atomic E-state index is 0.110. The predicted molar refractivity (Wildman–Crippen MR) is 73.4 cm³/mol. The molecule has 1 fully saturated rings. The SMILES string of the molecule is Cc1c(/C=C/C(=O)NC2CCCCC2O)cnn1C. The molecule has 0 aromatic carbocycles. The van der Waals surface area contributed by atoms with Crippen LogP contribution < -0.4 is 5.32 Å². The van der Waals surface area contributed by atoms with Gasteiger partial charge in [-0.25, -0.2) is 0 Å². The molecule has 0 bridgehead atoms. The molecule has 2 atom stereocenters. The van der Waals surface area contributed by atoms with Crippen LogP contribution in [0.1, 0.15) is 36.9 Å². The van der Waals surface area contributed by atoms with E-state index in [0.717, 1.165) is 36.9 Å². The number of carbonyl (C=O) groups is 1. The van der Waals surface area contributed by atoms with E-state index in [9.17, 15) is 9.90 Å². The summed E-state index contributed by atoms with van der Waals surface area (Å²) in [5.74, 6) is -0.158. The molecule has 0 spiro atoms. The molecule has 2 rings (SSSR count). The maximum absolute atomic E-state index is 11.8. The molecule has 0 aliphatic heterocycles. The highest BCUT2D eigenvalue weighted by Gasteiger charge is 2.23. The first kappa shape index (κ1) is 13.8. The molecule has 1 aromatic heterocycles. The van der Waals surface area contributed by atoms with Crippen molar-refractivity contribution in [3.63, 3.8) is 0 Å². The van der Waals surface area contributed by atoms with Gasteiger partial charge in [-0.2, -0.15) is 5.10 Å². The Morgan fingerprint density at radius 1 is 1.53 bits per heavy atom. The third kappa shape index (κ3) is 3.44. The van der Waals surface area contributed by atoms with Gasteiger partial charge in [0.2, 0.25) is 5.91 Å². The summed E-state index contributed by atoms with van der Waals surface area (Å²) in [5.41, 5.74) is 1.95. The van der Waals surface area contributed by atoms with Gasteiger partial charge in [0.1, 0.15) is 0 Å². The summed E-state index contributed by atoms with van der Waals surface area (Å²) in [4.78, 5) is 11.8. The van der Waals surface area contributed by atoms with Gasteiger partial charge in [0, 0.05) is 24.4 Å². The molecule has 1 aliphatic rings. The lowest BCUT2D eigenvalue weighted by atomic mass is 9.92. The van der Waals surface area contributed by atoms with E-state index in [1.807, 2.05) is 14.0 Å². The topological polar surface area (TPSA) is 67.2 Å². The zero-order valence-corrected chi connectivity index (χ0v) is 11.5. The molecule has 1 heterocycles. The van der Waals surface area contributed by atoms with Crippen molar-refractivity contribution in [1.29, 1.82) is 0 Å². The smallest absolute Gasteiger partial charge is 0.244 e. The number of rotatable bonds is 3. The maximum atomic E-state index is 11.8. The number of hydrogen-bond acceptors (Lipinski definition) is 3. The Hall–Kier alpha value is -1.62. The van der Waals surface area contributed by atoms with Crippen LogP contribution >= 0.6 is 0 Å². The van der Waals surface area contributed by atoms with Crippen molar-refractivity contribution >= 4 is 12.0 Å². The summed E-state index contributed by atoms with van der Waals surface area (Å²) in [7, 11) is 1.87. The average molecular weight is 263 g/mol. The minimum atomic E-state index is -0.411. The van der Waals surface area contributed by atoms with Crippen LogP contribution in [-0.4, -0.2) is 32.9 Å². The molecule has 0 radical (unpaired) electrons. The van der Waals surface area contributed by atoms with E-state index in [2.05, 4.69) is 10.4 Å². The number of aryl methyl sites for hydroxylation is 1. The Kier molecular flexibility index (Phi) is 4.37. The fourth-order valence-corrected chi connectivity index (χ4v) is 2.36. The molecule has 2 N–H and O–H groups in total. The van der Waals surface area contributed by atoms with Gasteiger partial charge in [-0.3, -0.25) is 9.48 Å². The van der Waals surface area contributed by atoms with Crippen molar-refractivity contribution in [3.8, 4) is 0 Å². The first-order valence-corrected chi connectivity index (χ1v) is 6.73. The first-order valence-electron chi connectivity index (χ1n) is 6.73. The second-order valence-electron chi connectivity index (χ2n) is 5.11. The molecule has 5 nitrogen and oxygen atoms in total. The van der Waals surface area contributed by atoms with Crippen molar-refractivity contribution in [1.82, 2.24) is 15.1 Å². The Balaban J connectivity index is 1.92. The van der Waals surface area contributed by atoms with Gasteiger partial charge < -0.3 is 10.4 Å². The van der Waals surface area contributed by atoms with Crippen molar-refractivity contribution in [2.24, 2.45) is 7.05 Å². The number of amides is 1. The number of nitrogens with one attached hydrogen (secondary N) is 1. The second-order valence-corrected chi connectivity index (χ2v) is 5.11. The second kappa shape index (κ2) is 6.02.